The second kappa shape index (κ2) is 22.3. The highest BCUT2D eigenvalue weighted by atomic mass is 33.1. The third-order valence-electron chi connectivity index (χ3n) is 14.8. The predicted octanol–water partition coefficient (Wildman–Crippen LogP) is 8.59. The summed E-state index contributed by atoms with van der Waals surface area (Å²) in [6.07, 6.45) is 7.48. The van der Waals surface area contributed by atoms with Crippen molar-refractivity contribution in [1.82, 2.24) is 5.32 Å². The summed E-state index contributed by atoms with van der Waals surface area (Å²) in [5, 5.41) is 75.0. The second-order valence-corrected chi connectivity index (χ2v) is 22.0. The Balaban J connectivity index is 1.16. The molecule has 5 aliphatic rings. The van der Waals surface area contributed by atoms with Crippen molar-refractivity contribution >= 4 is 49.6 Å². The molecule has 6 atom stereocenters. The predicted molar refractivity (Wildman–Crippen MR) is 266 cm³/mol. The molecule has 0 aromatic heterocycles. The summed E-state index contributed by atoms with van der Waals surface area (Å²) in [6.45, 7) is 1.90. The lowest BCUT2D eigenvalue weighted by Crippen LogP contribution is -2.41. The van der Waals surface area contributed by atoms with E-state index in [1.54, 1.807) is 39.8 Å². The Morgan fingerprint density at radius 3 is 2.51 bits per heavy atom. The van der Waals surface area contributed by atoms with E-state index in [-0.39, 0.29) is 72.8 Å². The number of aromatic hydroxyl groups is 2. The summed E-state index contributed by atoms with van der Waals surface area (Å²) in [4.78, 5) is 26.8. The number of Topliss-reactive ketones (excluding diaryl/α,β-unsaturated/α-hetero) is 2. The van der Waals surface area contributed by atoms with Crippen molar-refractivity contribution < 1.29 is 49.7 Å². The van der Waals surface area contributed by atoms with Gasteiger partial charge >= 0.3 is 0 Å². The van der Waals surface area contributed by atoms with Crippen molar-refractivity contribution in [1.29, 1.82) is 0 Å². The van der Waals surface area contributed by atoms with Gasteiger partial charge in [0.05, 0.1) is 38.1 Å². The van der Waals surface area contributed by atoms with E-state index < -0.39 is 24.0 Å². The molecule has 2 bridgehead atoms. The summed E-state index contributed by atoms with van der Waals surface area (Å²) in [5.74, 6) is 0.801. The summed E-state index contributed by atoms with van der Waals surface area (Å²) in [6, 6.07) is 14.7. The number of hydrogen-bond acceptors (Lipinski definition) is 14. The normalized spacial score (nSPS) is 23.6. The molecule has 0 radical (unpaired) electrons. The number of fused-ring (bicyclic) bond motifs is 10. The minimum absolute atomic E-state index is 0.00954. The molecule has 362 valence electrons. The van der Waals surface area contributed by atoms with E-state index in [9.17, 15) is 40.2 Å². The Morgan fingerprint density at radius 1 is 0.955 bits per heavy atom. The molecule has 8 N–H and O–H groups in total. The molecule has 14 heteroatoms. The van der Waals surface area contributed by atoms with Gasteiger partial charge in [-0.3, -0.25) is 14.9 Å². The average molecular weight is 957 g/mol. The standard InChI is InChI=1S/C53H68N2O10S2/c1-31(58)27-55-50-36(29-57)23-43(42-22-32(28-56)6-14-40(42)50)52(54-21-5-20-53(63)18-3-4-19-53)65-47-26-38(60)13-8-34-10-16-45(61)51(64-2)49(34)39-15-9-33-7-12-37(59)25-41(33)44(39)30-66-67-48-17-11-35(47)24-46(48)62/h7,9-10,12,15-16,23,25,32,35,46-48,52,54-57,59,61-63H,3-6,8,11,13-14,17-22,24,26-30H2,1-2H3. The van der Waals surface area contributed by atoms with Crippen LogP contribution in [0.4, 0.5) is 5.69 Å². The molecule has 4 aromatic carbocycles. The van der Waals surface area contributed by atoms with E-state index in [4.69, 9.17) is 9.47 Å². The van der Waals surface area contributed by atoms with E-state index in [1.807, 2.05) is 30.3 Å². The summed E-state index contributed by atoms with van der Waals surface area (Å²) in [5.41, 5.74) is 6.85. The van der Waals surface area contributed by atoms with E-state index in [0.717, 1.165) is 88.4 Å². The molecule has 6 unspecified atom stereocenters. The number of ether oxygens (including phenoxy) is 2. The van der Waals surface area contributed by atoms with Crippen molar-refractivity contribution in [3.63, 3.8) is 0 Å². The lowest BCUT2D eigenvalue weighted by Gasteiger charge is -2.39. The molecule has 67 heavy (non-hydrogen) atoms. The highest BCUT2D eigenvalue weighted by Gasteiger charge is 2.39. The molecule has 0 saturated heterocycles. The van der Waals surface area contributed by atoms with Crippen LogP contribution in [0.25, 0.3) is 21.9 Å². The highest BCUT2D eigenvalue weighted by Crippen LogP contribution is 2.48. The SMILES string of the molecule is COc1c(O)ccc2c1-c1ccc3ccc(O)cc3c1CSSC1CCC(CC1O)C(OC(NCCCC1(O)CCCC1)c1cc(CO)c(NCC(C)=O)c3c1CC(CO)CC3)CC(=O)CC2. The Morgan fingerprint density at radius 2 is 1.76 bits per heavy atom. The molecule has 4 aromatic rings. The molecule has 3 aliphatic carbocycles. The first-order valence-electron chi connectivity index (χ1n) is 24.2. The van der Waals surface area contributed by atoms with E-state index in [1.165, 1.54) is 14.0 Å². The van der Waals surface area contributed by atoms with Gasteiger partial charge in [-0.1, -0.05) is 58.7 Å². The van der Waals surface area contributed by atoms with Crippen LogP contribution >= 0.6 is 21.6 Å². The number of phenols is 2. The van der Waals surface area contributed by atoms with Crippen LogP contribution in [0.15, 0.2) is 48.5 Å². The Labute approximate surface area is 402 Å². The molecule has 0 spiro atoms. The Bertz CT molecular complexity index is 2410. The number of rotatable bonds is 14. The number of nitrogens with one attached hydrogen (secondary N) is 2. The lowest BCUT2D eigenvalue weighted by molar-refractivity contribution is -0.128. The van der Waals surface area contributed by atoms with Gasteiger partial charge in [0.1, 0.15) is 23.5 Å². The number of hydrogen-bond donors (Lipinski definition) is 8. The largest absolute Gasteiger partial charge is 0.508 e. The van der Waals surface area contributed by atoms with Gasteiger partial charge in [-0.05, 0) is 164 Å². The molecule has 2 aliphatic heterocycles. The van der Waals surface area contributed by atoms with Gasteiger partial charge in [0.15, 0.2) is 11.5 Å². The zero-order valence-corrected chi connectivity index (χ0v) is 40.5. The number of carbonyl (C=O) groups is 2. The van der Waals surface area contributed by atoms with E-state index in [2.05, 4.69) is 10.6 Å². The molecule has 9 rings (SSSR count). The van der Waals surface area contributed by atoms with Crippen LogP contribution in [0.3, 0.4) is 0 Å². The summed E-state index contributed by atoms with van der Waals surface area (Å²) < 4.78 is 13.2. The molecular weight excluding hydrogens is 889 g/mol. The molecular formula is C53H68N2O10S2. The first-order valence-corrected chi connectivity index (χ1v) is 26.6. The number of aryl methyl sites for hydroxylation is 1. The van der Waals surface area contributed by atoms with Crippen LogP contribution in [0.1, 0.15) is 124 Å². The van der Waals surface area contributed by atoms with Crippen LogP contribution in [0.5, 0.6) is 17.2 Å². The zero-order valence-electron chi connectivity index (χ0n) is 38.9. The first kappa shape index (κ1) is 49.6. The molecule has 2 heterocycles. The van der Waals surface area contributed by atoms with Gasteiger partial charge in [-0.2, -0.15) is 0 Å². The highest BCUT2D eigenvalue weighted by molar-refractivity contribution is 8.76. The van der Waals surface area contributed by atoms with Crippen molar-refractivity contribution in [2.24, 2.45) is 11.8 Å². The van der Waals surface area contributed by atoms with E-state index >= 15 is 0 Å². The fourth-order valence-corrected chi connectivity index (χ4v) is 14.1. The van der Waals surface area contributed by atoms with Crippen LogP contribution in [-0.2, 0) is 45.9 Å². The topological polar surface area (TPSA) is 198 Å². The fourth-order valence-electron chi connectivity index (χ4n) is 11.2. The van der Waals surface area contributed by atoms with Gasteiger partial charge in [0.2, 0.25) is 0 Å². The number of anilines is 1. The Kier molecular flexibility index (Phi) is 16.5. The number of benzene rings is 4. The first-order chi connectivity index (χ1) is 32.4. The van der Waals surface area contributed by atoms with Crippen LogP contribution in [0, 0.1) is 11.8 Å². The minimum atomic E-state index is -0.724. The molecule has 2 fully saturated rings. The van der Waals surface area contributed by atoms with Crippen LogP contribution < -0.4 is 15.4 Å². The molecule has 2 saturated carbocycles. The number of aliphatic hydroxyl groups is 4. The van der Waals surface area contributed by atoms with Gasteiger partial charge < -0.3 is 45.4 Å². The van der Waals surface area contributed by atoms with Crippen LogP contribution in [0.2, 0.25) is 0 Å². The fraction of sp³-hybridized carbons (Fsp3) is 0.547. The summed E-state index contributed by atoms with van der Waals surface area (Å²) in [7, 11) is 4.83. The maximum atomic E-state index is 14.6. The number of phenolic OH excluding ortho intramolecular Hbond substituents is 2. The third kappa shape index (κ3) is 11.4. The number of aliphatic hydroxyl groups excluding tert-OH is 3. The van der Waals surface area contributed by atoms with Crippen molar-refractivity contribution in [3.05, 3.63) is 81.9 Å². The minimum Gasteiger partial charge on any atom is -0.508 e. The van der Waals surface area contributed by atoms with Gasteiger partial charge in [-0.15, -0.1) is 0 Å². The molecule has 12 nitrogen and oxygen atoms in total. The lowest BCUT2D eigenvalue weighted by atomic mass is 9.79. The van der Waals surface area contributed by atoms with Gasteiger partial charge in [0, 0.05) is 47.3 Å². The quantitative estimate of drug-likeness (QED) is 0.0340. The zero-order chi connectivity index (χ0) is 47.2. The maximum Gasteiger partial charge on any atom is 0.168 e. The number of ketones is 2. The monoisotopic (exact) mass is 956 g/mol. The van der Waals surface area contributed by atoms with Crippen molar-refractivity contribution in [2.75, 3.05) is 32.1 Å². The van der Waals surface area contributed by atoms with Crippen LogP contribution in [-0.4, -0.2) is 92.1 Å². The van der Waals surface area contributed by atoms with Crippen molar-refractivity contribution in [2.45, 2.75) is 145 Å². The maximum absolute atomic E-state index is 14.6. The van der Waals surface area contributed by atoms with Gasteiger partial charge in [0.25, 0.3) is 0 Å². The number of methoxy groups -OCH3 is 1. The van der Waals surface area contributed by atoms with Gasteiger partial charge in [-0.25, -0.2) is 0 Å². The smallest absolute Gasteiger partial charge is 0.168 e. The molecule has 0 amide bonds. The Hall–Kier alpha value is -3.86. The van der Waals surface area contributed by atoms with Crippen molar-refractivity contribution in [3.8, 4) is 28.4 Å². The number of carbonyl (C=O) groups excluding carboxylic acids is 2. The average Bonchev–Trinajstić information content (AvgIpc) is 3.76. The second-order valence-electron chi connectivity index (χ2n) is 19.4. The van der Waals surface area contributed by atoms with E-state index in [0.29, 0.717) is 74.1 Å². The third-order valence-corrected chi connectivity index (χ3v) is 17.7. The summed E-state index contributed by atoms with van der Waals surface area (Å²) >= 11 is 0.